The third-order valence-electron chi connectivity index (χ3n) is 3.04. The van der Waals surface area contributed by atoms with Crippen molar-refractivity contribution in [2.45, 2.75) is 57.7 Å². The predicted octanol–water partition coefficient (Wildman–Crippen LogP) is 2.75. The van der Waals surface area contributed by atoms with E-state index in [1.807, 2.05) is 0 Å². The minimum atomic E-state index is -0.00995. The average molecular weight is 217 g/mol. The van der Waals surface area contributed by atoms with Gasteiger partial charge in [0.25, 0.3) is 0 Å². The number of likely N-dealkylation sites (N-methyl/N-ethyl adjacent to an activating group) is 1. The van der Waals surface area contributed by atoms with E-state index in [-0.39, 0.29) is 5.56 Å². The number of hydrogen-bond donors (Lipinski definition) is 1. The summed E-state index contributed by atoms with van der Waals surface area (Å²) in [7, 11) is 2.11. The topological polar surface area (TPSA) is 12.5 Å². The Hall–Kier alpha value is 0.270. The second kappa shape index (κ2) is 5.38. The first-order valence-electron chi connectivity index (χ1n) is 5.63. The first kappa shape index (κ1) is 12.3. The van der Waals surface area contributed by atoms with Crippen LogP contribution >= 0.6 is 12.6 Å². The van der Waals surface area contributed by atoms with Crippen LogP contribution in [-0.2, 0) is 4.74 Å². The number of rotatable bonds is 4. The highest BCUT2D eigenvalue weighted by molar-refractivity contribution is 7.80. The summed E-state index contributed by atoms with van der Waals surface area (Å²) in [4.78, 5) is 2.25. The summed E-state index contributed by atoms with van der Waals surface area (Å²) < 4.78 is 5.83. The summed E-state index contributed by atoms with van der Waals surface area (Å²) in [6, 6.07) is 0.553. The van der Waals surface area contributed by atoms with Crippen molar-refractivity contribution in [2.24, 2.45) is 5.92 Å². The molecule has 0 radical (unpaired) electrons. The zero-order chi connectivity index (χ0) is 10.7. The molecule has 0 spiro atoms. The van der Waals surface area contributed by atoms with Crippen LogP contribution in [0, 0.1) is 5.92 Å². The molecule has 3 unspecified atom stereocenters. The van der Waals surface area contributed by atoms with Gasteiger partial charge in [0.1, 0.15) is 0 Å². The number of nitrogens with zero attached hydrogens (tertiary/aromatic N) is 1. The Balaban J connectivity index is 2.56. The third kappa shape index (κ3) is 2.65. The highest BCUT2D eigenvalue weighted by Gasteiger charge is 2.38. The summed E-state index contributed by atoms with van der Waals surface area (Å²) >= 11 is 4.43. The van der Waals surface area contributed by atoms with E-state index >= 15 is 0 Å². The zero-order valence-corrected chi connectivity index (χ0v) is 10.6. The van der Waals surface area contributed by atoms with Gasteiger partial charge in [-0.05, 0) is 19.4 Å². The molecule has 0 aromatic heterocycles. The standard InChI is InChI=1S/C11H23NOS/c1-5-6-7-9-10(8(2)3)13-11(14)12(9)4/h8-11,14H,5-7H2,1-4H3. The van der Waals surface area contributed by atoms with Crippen molar-refractivity contribution < 1.29 is 4.74 Å². The van der Waals surface area contributed by atoms with E-state index in [1.165, 1.54) is 19.3 Å². The van der Waals surface area contributed by atoms with E-state index in [0.29, 0.717) is 18.1 Å². The highest BCUT2D eigenvalue weighted by Crippen LogP contribution is 2.31. The summed E-state index contributed by atoms with van der Waals surface area (Å²) in [6.07, 6.45) is 4.12. The molecule has 0 saturated carbocycles. The van der Waals surface area contributed by atoms with Gasteiger partial charge >= 0.3 is 0 Å². The Bertz CT molecular complexity index is 175. The van der Waals surface area contributed by atoms with Crippen molar-refractivity contribution >= 4 is 12.6 Å². The van der Waals surface area contributed by atoms with Crippen molar-refractivity contribution in [3.8, 4) is 0 Å². The molecule has 1 rings (SSSR count). The molecule has 14 heavy (non-hydrogen) atoms. The number of ether oxygens (including phenoxy) is 1. The van der Waals surface area contributed by atoms with E-state index in [9.17, 15) is 0 Å². The maximum atomic E-state index is 5.83. The molecule has 1 fully saturated rings. The predicted molar refractivity (Wildman–Crippen MR) is 63.6 cm³/mol. The fraction of sp³-hybridized carbons (Fsp3) is 1.00. The molecule has 0 aromatic carbocycles. The molecule has 1 aliphatic rings. The van der Waals surface area contributed by atoms with E-state index in [0.717, 1.165) is 0 Å². The van der Waals surface area contributed by atoms with Gasteiger partial charge in [0.15, 0.2) is 5.56 Å². The average Bonchev–Trinajstić information content (AvgIpc) is 2.41. The second-order valence-corrected chi connectivity index (χ2v) is 4.99. The van der Waals surface area contributed by atoms with E-state index in [4.69, 9.17) is 4.74 Å². The van der Waals surface area contributed by atoms with Crippen molar-refractivity contribution in [2.75, 3.05) is 7.05 Å². The van der Waals surface area contributed by atoms with Crippen LogP contribution in [0.25, 0.3) is 0 Å². The van der Waals surface area contributed by atoms with Crippen molar-refractivity contribution in [1.29, 1.82) is 0 Å². The highest BCUT2D eigenvalue weighted by atomic mass is 32.1. The SMILES string of the molecule is CCCCC1C(C(C)C)OC(S)N1C. The number of thiol groups is 1. The molecule has 0 amide bonds. The van der Waals surface area contributed by atoms with Gasteiger partial charge in [0.05, 0.1) is 6.10 Å². The molecule has 0 bridgehead atoms. The number of unbranched alkanes of at least 4 members (excludes halogenated alkanes) is 1. The van der Waals surface area contributed by atoms with Crippen molar-refractivity contribution in [1.82, 2.24) is 4.90 Å². The minimum Gasteiger partial charge on any atom is -0.349 e. The fourth-order valence-corrected chi connectivity index (χ4v) is 2.42. The van der Waals surface area contributed by atoms with Crippen LogP contribution in [0.4, 0.5) is 0 Å². The lowest BCUT2D eigenvalue weighted by Crippen LogP contribution is -2.36. The lowest BCUT2D eigenvalue weighted by Gasteiger charge is -2.25. The molecule has 3 heteroatoms. The van der Waals surface area contributed by atoms with Gasteiger partial charge in [0.2, 0.25) is 0 Å². The Morgan fingerprint density at radius 3 is 2.57 bits per heavy atom. The molecule has 3 atom stereocenters. The maximum absolute atomic E-state index is 5.83. The Morgan fingerprint density at radius 2 is 2.07 bits per heavy atom. The molecule has 2 nitrogen and oxygen atoms in total. The lowest BCUT2D eigenvalue weighted by molar-refractivity contribution is 0.0435. The van der Waals surface area contributed by atoms with Crippen LogP contribution in [-0.4, -0.2) is 29.7 Å². The summed E-state index contributed by atoms with van der Waals surface area (Å²) in [5.74, 6) is 0.580. The quantitative estimate of drug-likeness (QED) is 0.727. The molecular weight excluding hydrogens is 194 g/mol. The fourth-order valence-electron chi connectivity index (χ4n) is 2.11. The molecule has 1 heterocycles. The zero-order valence-electron chi connectivity index (χ0n) is 9.73. The van der Waals surface area contributed by atoms with Crippen LogP contribution in [0.3, 0.4) is 0 Å². The van der Waals surface area contributed by atoms with Gasteiger partial charge in [-0.2, -0.15) is 0 Å². The van der Waals surface area contributed by atoms with Gasteiger partial charge < -0.3 is 4.74 Å². The largest absolute Gasteiger partial charge is 0.349 e. The van der Waals surface area contributed by atoms with Crippen LogP contribution in [0.5, 0.6) is 0 Å². The molecule has 0 aromatic rings. The number of hydrogen-bond acceptors (Lipinski definition) is 3. The van der Waals surface area contributed by atoms with E-state index < -0.39 is 0 Å². The van der Waals surface area contributed by atoms with Crippen LogP contribution < -0.4 is 0 Å². The van der Waals surface area contributed by atoms with E-state index in [1.54, 1.807) is 0 Å². The van der Waals surface area contributed by atoms with Crippen LogP contribution in [0.2, 0.25) is 0 Å². The first-order valence-corrected chi connectivity index (χ1v) is 6.15. The molecule has 0 aliphatic carbocycles. The molecule has 1 saturated heterocycles. The molecule has 1 aliphatic heterocycles. The summed E-state index contributed by atoms with van der Waals surface area (Å²) in [5.41, 5.74) is -0.00995. The van der Waals surface area contributed by atoms with Gasteiger partial charge in [0, 0.05) is 6.04 Å². The second-order valence-electron chi connectivity index (χ2n) is 4.55. The van der Waals surface area contributed by atoms with Gasteiger partial charge in [-0.15, -0.1) is 12.6 Å². The van der Waals surface area contributed by atoms with Crippen LogP contribution in [0.1, 0.15) is 40.0 Å². The molecule has 0 N–H and O–H groups in total. The monoisotopic (exact) mass is 217 g/mol. The molecular formula is C11H23NOS. The maximum Gasteiger partial charge on any atom is 0.156 e. The van der Waals surface area contributed by atoms with Crippen LogP contribution in [0.15, 0.2) is 0 Å². The Labute approximate surface area is 93.4 Å². The van der Waals surface area contributed by atoms with Crippen molar-refractivity contribution in [3.05, 3.63) is 0 Å². The Morgan fingerprint density at radius 1 is 1.43 bits per heavy atom. The first-order chi connectivity index (χ1) is 6.57. The van der Waals surface area contributed by atoms with Gasteiger partial charge in [-0.25, -0.2) is 0 Å². The minimum absolute atomic E-state index is 0.00995. The van der Waals surface area contributed by atoms with Gasteiger partial charge in [-0.1, -0.05) is 33.6 Å². The van der Waals surface area contributed by atoms with Crippen molar-refractivity contribution in [3.63, 3.8) is 0 Å². The van der Waals surface area contributed by atoms with E-state index in [2.05, 4.69) is 45.3 Å². The lowest BCUT2D eigenvalue weighted by atomic mass is 9.95. The normalized spacial score (nSPS) is 34.3. The summed E-state index contributed by atoms with van der Waals surface area (Å²) in [5, 5.41) is 0. The molecule has 84 valence electrons. The Kier molecular flexibility index (Phi) is 4.74. The summed E-state index contributed by atoms with van der Waals surface area (Å²) in [6.45, 7) is 6.69. The third-order valence-corrected chi connectivity index (χ3v) is 3.53. The smallest absolute Gasteiger partial charge is 0.156 e. The van der Waals surface area contributed by atoms with Gasteiger partial charge in [-0.3, -0.25) is 4.90 Å².